The molecule has 146 valence electrons. The highest BCUT2D eigenvalue weighted by Gasteiger charge is 2.08. The Morgan fingerprint density at radius 2 is 1.82 bits per heavy atom. The first-order chi connectivity index (χ1) is 13.5. The van der Waals surface area contributed by atoms with Gasteiger partial charge < -0.3 is 20.1 Å². The second-order valence-electron chi connectivity index (χ2n) is 5.68. The lowest BCUT2D eigenvalue weighted by molar-refractivity contribution is -0.111. The van der Waals surface area contributed by atoms with Crippen molar-refractivity contribution in [2.24, 2.45) is 0 Å². The number of allylic oxidation sites excluding steroid dienone is 1. The Balaban J connectivity index is 1.91. The maximum absolute atomic E-state index is 12.3. The van der Waals surface area contributed by atoms with Gasteiger partial charge in [-0.25, -0.2) is 4.79 Å². The van der Waals surface area contributed by atoms with E-state index in [0.29, 0.717) is 23.5 Å². The summed E-state index contributed by atoms with van der Waals surface area (Å²) in [6.45, 7) is 3.97. The normalized spacial score (nSPS) is 10.4. The van der Waals surface area contributed by atoms with Gasteiger partial charge in [0.2, 0.25) is 5.91 Å². The summed E-state index contributed by atoms with van der Waals surface area (Å²) >= 11 is 0. The van der Waals surface area contributed by atoms with Gasteiger partial charge in [0, 0.05) is 17.8 Å². The van der Waals surface area contributed by atoms with E-state index in [1.165, 1.54) is 18.2 Å². The van der Waals surface area contributed by atoms with Crippen molar-refractivity contribution >= 4 is 23.7 Å². The van der Waals surface area contributed by atoms with Crippen LogP contribution in [0.2, 0.25) is 0 Å². The molecule has 0 heterocycles. The fourth-order valence-corrected chi connectivity index (χ4v) is 2.30. The summed E-state index contributed by atoms with van der Waals surface area (Å²) in [4.78, 5) is 35.1. The number of carbonyl (C=O) groups excluding carboxylic acids is 3. The van der Waals surface area contributed by atoms with Gasteiger partial charge in [-0.2, -0.15) is 0 Å². The third-order valence-electron chi connectivity index (χ3n) is 3.55. The molecular formula is C21H22N2O5. The number of carbonyl (C=O) groups is 3. The van der Waals surface area contributed by atoms with E-state index >= 15 is 0 Å². The van der Waals surface area contributed by atoms with Gasteiger partial charge in [0.05, 0.1) is 6.61 Å². The highest BCUT2D eigenvalue weighted by molar-refractivity contribution is 5.99. The zero-order valence-electron chi connectivity index (χ0n) is 15.7. The van der Waals surface area contributed by atoms with Gasteiger partial charge in [0.15, 0.2) is 0 Å². The fourth-order valence-electron chi connectivity index (χ4n) is 2.30. The van der Waals surface area contributed by atoms with Crippen molar-refractivity contribution in [1.82, 2.24) is 5.32 Å². The molecule has 2 aromatic rings. The Morgan fingerprint density at radius 1 is 1.07 bits per heavy atom. The zero-order valence-corrected chi connectivity index (χ0v) is 15.7. The number of nitrogens with one attached hydrogen (secondary N) is 2. The molecule has 0 fully saturated rings. The van der Waals surface area contributed by atoms with Gasteiger partial charge in [-0.05, 0) is 61.9 Å². The SMILES string of the molecule is C/C=C/C(=O)Nc1cccc(CNC(=O)c2ccc(OC(=O)OCC)cc2)c1. The van der Waals surface area contributed by atoms with Crippen molar-refractivity contribution in [3.05, 3.63) is 71.8 Å². The lowest BCUT2D eigenvalue weighted by atomic mass is 10.1. The molecule has 0 aromatic heterocycles. The molecule has 0 radical (unpaired) electrons. The van der Waals surface area contributed by atoms with Crippen molar-refractivity contribution in [1.29, 1.82) is 0 Å². The van der Waals surface area contributed by atoms with Gasteiger partial charge >= 0.3 is 6.16 Å². The van der Waals surface area contributed by atoms with Crippen molar-refractivity contribution in [2.45, 2.75) is 20.4 Å². The summed E-state index contributed by atoms with van der Waals surface area (Å²) in [5, 5.41) is 5.55. The number of ether oxygens (including phenoxy) is 2. The van der Waals surface area contributed by atoms with Gasteiger partial charge in [-0.15, -0.1) is 0 Å². The van der Waals surface area contributed by atoms with E-state index in [1.54, 1.807) is 50.3 Å². The number of benzene rings is 2. The minimum Gasteiger partial charge on any atom is -0.434 e. The number of hydrogen-bond donors (Lipinski definition) is 2. The molecule has 0 atom stereocenters. The first-order valence-electron chi connectivity index (χ1n) is 8.77. The van der Waals surface area contributed by atoms with E-state index in [9.17, 15) is 14.4 Å². The molecule has 0 aliphatic rings. The molecule has 7 nitrogen and oxygen atoms in total. The molecule has 0 saturated carbocycles. The molecule has 0 spiro atoms. The first kappa shape index (κ1) is 20.7. The van der Waals surface area contributed by atoms with Crippen molar-refractivity contribution in [3.63, 3.8) is 0 Å². The lowest BCUT2D eigenvalue weighted by Gasteiger charge is -2.09. The van der Waals surface area contributed by atoms with Crippen LogP contribution in [0.4, 0.5) is 10.5 Å². The molecular weight excluding hydrogens is 360 g/mol. The van der Waals surface area contributed by atoms with E-state index < -0.39 is 6.16 Å². The van der Waals surface area contributed by atoms with Crippen LogP contribution in [0.1, 0.15) is 29.8 Å². The molecule has 28 heavy (non-hydrogen) atoms. The van der Waals surface area contributed by atoms with Crippen LogP contribution in [0.3, 0.4) is 0 Å². The lowest BCUT2D eigenvalue weighted by Crippen LogP contribution is -2.22. The molecule has 0 bridgehead atoms. The van der Waals surface area contributed by atoms with Crippen LogP contribution in [0.5, 0.6) is 5.75 Å². The Morgan fingerprint density at radius 3 is 2.50 bits per heavy atom. The molecule has 0 saturated heterocycles. The van der Waals surface area contributed by atoms with E-state index in [0.717, 1.165) is 5.56 Å². The fraction of sp³-hybridized carbons (Fsp3) is 0.190. The summed E-state index contributed by atoms with van der Waals surface area (Å²) in [5.74, 6) is -0.195. The smallest absolute Gasteiger partial charge is 0.434 e. The monoisotopic (exact) mass is 382 g/mol. The van der Waals surface area contributed by atoms with Crippen LogP contribution < -0.4 is 15.4 Å². The van der Waals surface area contributed by atoms with Gasteiger partial charge in [-0.3, -0.25) is 9.59 Å². The minimum absolute atomic E-state index is 0.214. The minimum atomic E-state index is -0.791. The molecule has 2 N–H and O–H groups in total. The van der Waals surface area contributed by atoms with E-state index in [1.807, 2.05) is 6.07 Å². The quantitative estimate of drug-likeness (QED) is 0.433. The van der Waals surface area contributed by atoms with Crippen molar-refractivity contribution < 1.29 is 23.9 Å². The first-order valence-corrected chi connectivity index (χ1v) is 8.77. The predicted molar refractivity (Wildman–Crippen MR) is 105 cm³/mol. The van der Waals surface area contributed by atoms with Crippen molar-refractivity contribution in [3.8, 4) is 5.75 Å². The Kier molecular flexibility index (Phi) is 7.77. The largest absolute Gasteiger partial charge is 0.513 e. The number of hydrogen-bond acceptors (Lipinski definition) is 5. The number of amides is 2. The third kappa shape index (κ3) is 6.60. The van der Waals surface area contributed by atoms with Crippen LogP contribution in [-0.4, -0.2) is 24.6 Å². The third-order valence-corrected chi connectivity index (χ3v) is 3.55. The summed E-state index contributed by atoms with van der Waals surface area (Å²) in [6.07, 6.45) is 2.30. The van der Waals surface area contributed by atoms with Gasteiger partial charge in [-0.1, -0.05) is 18.2 Å². The highest BCUT2D eigenvalue weighted by Crippen LogP contribution is 2.14. The maximum atomic E-state index is 12.3. The second kappa shape index (κ2) is 10.5. The molecule has 0 unspecified atom stereocenters. The summed E-state index contributed by atoms with van der Waals surface area (Å²) in [6, 6.07) is 13.4. The van der Waals surface area contributed by atoms with Gasteiger partial charge in [0.25, 0.3) is 5.91 Å². The molecule has 7 heteroatoms. The van der Waals surface area contributed by atoms with E-state index in [4.69, 9.17) is 4.74 Å². The molecule has 2 rings (SSSR count). The average Bonchev–Trinajstić information content (AvgIpc) is 2.67. The molecule has 2 aromatic carbocycles. The van der Waals surface area contributed by atoms with Crippen LogP contribution in [0.25, 0.3) is 0 Å². The summed E-state index contributed by atoms with van der Waals surface area (Å²) in [7, 11) is 0. The predicted octanol–water partition coefficient (Wildman–Crippen LogP) is 3.67. The van der Waals surface area contributed by atoms with E-state index in [-0.39, 0.29) is 18.4 Å². The maximum Gasteiger partial charge on any atom is 0.513 e. The molecule has 0 aliphatic carbocycles. The van der Waals surface area contributed by atoms with Crippen LogP contribution in [-0.2, 0) is 16.1 Å². The standard InChI is InChI=1S/C21H22N2O5/c1-3-6-19(24)23-17-8-5-7-15(13-17)14-22-20(25)16-9-11-18(12-10-16)28-21(26)27-4-2/h3,5-13H,4,14H2,1-2H3,(H,22,25)(H,23,24)/b6-3+. The average molecular weight is 382 g/mol. The molecule has 2 amide bonds. The Labute approximate surface area is 163 Å². The highest BCUT2D eigenvalue weighted by atomic mass is 16.7. The van der Waals surface area contributed by atoms with Crippen molar-refractivity contribution in [2.75, 3.05) is 11.9 Å². The van der Waals surface area contributed by atoms with Crippen LogP contribution in [0.15, 0.2) is 60.7 Å². The van der Waals surface area contributed by atoms with Crippen LogP contribution >= 0.6 is 0 Å². The van der Waals surface area contributed by atoms with Gasteiger partial charge in [0.1, 0.15) is 5.75 Å². The Bertz CT molecular complexity index is 859. The van der Waals surface area contributed by atoms with Crippen LogP contribution in [0, 0.1) is 0 Å². The zero-order chi connectivity index (χ0) is 20.4. The second-order valence-corrected chi connectivity index (χ2v) is 5.68. The summed E-state index contributed by atoms with van der Waals surface area (Å²) in [5.41, 5.74) is 1.91. The number of rotatable bonds is 7. The number of anilines is 1. The summed E-state index contributed by atoms with van der Waals surface area (Å²) < 4.78 is 9.64. The van der Waals surface area contributed by atoms with E-state index in [2.05, 4.69) is 15.4 Å². The topological polar surface area (TPSA) is 93.7 Å². The Hall–Kier alpha value is -3.61. The molecule has 0 aliphatic heterocycles.